The number of unbranched alkanes of at least 4 members (excludes halogenated alkanes) is 2. The van der Waals surface area contributed by atoms with E-state index in [-0.39, 0.29) is 6.10 Å². The molecule has 0 N–H and O–H groups in total. The van der Waals surface area contributed by atoms with Crippen LogP contribution < -0.4 is 0 Å². The summed E-state index contributed by atoms with van der Waals surface area (Å²) in [7, 11) is 0. The van der Waals surface area contributed by atoms with E-state index in [0.29, 0.717) is 6.10 Å². The van der Waals surface area contributed by atoms with Crippen molar-refractivity contribution in [3.8, 4) is 0 Å². The van der Waals surface area contributed by atoms with Gasteiger partial charge in [-0.25, -0.2) is 0 Å². The molecule has 0 aromatic rings. The highest BCUT2D eigenvalue weighted by molar-refractivity contribution is 4.86. The molecule has 2 nitrogen and oxygen atoms in total. The largest absolute Gasteiger partial charge is 0.345 e. The molecule has 1 aliphatic rings. The van der Waals surface area contributed by atoms with Gasteiger partial charge in [-0.3, -0.25) is 0 Å². The number of hydrogen-bond donors (Lipinski definition) is 0. The molecular weight excluding hydrogens is 224 g/mol. The minimum absolute atomic E-state index is 0.276. The van der Waals surface area contributed by atoms with Crippen molar-refractivity contribution in [2.75, 3.05) is 0 Å². The van der Waals surface area contributed by atoms with E-state index in [1.807, 2.05) is 13.8 Å². The van der Waals surface area contributed by atoms with Gasteiger partial charge in [-0.05, 0) is 39.5 Å². The second-order valence-electron chi connectivity index (χ2n) is 5.69. The Morgan fingerprint density at radius 2 is 1.50 bits per heavy atom. The molecule has 106 valence electrons. The molecule has 0 aliphatic carbocycles. The lowest BCUT2D eigenvalue weighted by Crippen LogP contribution is -2.22. The quantitative estimate of drug-likeness (QED) is 0.577. The number of rotatable bonds is 8. The van der Waals surface area contributed by atoms with Crippen LogP contribution in [-0.2, 0) is 9.47 Å². The SMILES string of the molecule is CCC/C=C/CC[C@H]1OC(C)(C)O[C@@H]1CCCC. The molecule has 1 aliphatic heterocycles. The summed E-state index contributed by atoms with van der Waals surface area (Å²) >= 11 is 0. The average molecular weight is 254 g/mol. The normalized spacial score (nSPS) is 27.1. The summed E-state index contributed by atoms with van der Waals surface area (Å²) in [6.45, 7) is 8.49. The Bertz CT molecular complexity index is 245. The first-order valence-corrected chi connectivity index (χ1v) is 7.59. The van der Waals surface area contributed by atoms with Crippen molar-refractivity contribution >= 4 is 0 Å². The third-order valence-corrected chi connectivity index (χ3v) is 3.37. The first-order valence-electron chi connectivity index (χ1n) is 7.59. The van der Waals surface area contributed by atoms with Crippen LogP contribution in [0.1, 0.15) is 72.6 Å². The van der Waals surface area contributed by atoms with E-state index in [0.717, 1.165) is 19.3 Å². The maximum absolute atomic E-state index is 6.01. The molecule has 2 heteroatoms. The standard InChI is InChI=1S/C16H30O2/c1-5-7-9-10-11-13-15-14(12-8-6-2)17-16(3,4)18-15/h9-10,14-15H,5-8,11-13H2,1-4H3/b10-9+/t14-,15-/m1/s1. The maximum Gasteiger partial charge on any atom is 0.163 e. The van der Waals surface area contributed by atoms with Gasteiger partial charge in [0.1, 0.15) is 0 Å². The van der Waals surface area contributed by atoms with Crippen molar-refractivity contribution < 1.29 is 9.47 Å². The molecule has 0 amide bonds. The van der Waals surface area contributed by atoms with Crippen LogP contribution in [-0.4, -0.2) is 18.0 Å². The first kappa shape index (κ1) is 15.7. The van der Waals surface area contributed by atoms with Crippen LogP contribution in [0.4, 0.5) is 0 Å². The summed E-state index contributed by atoms with van der Waals surface area (Å²) in [5.74, 6) is -0.393. The van der Waals surface area contributed by atoms with Crippen LogP contribution in [0.3, 0.4) is 0 Å². The van der Waals surface area contributed by atoms with E-state index in [1.54, 1.807) is 0 Å². The molecule has 18 heavy (non-hydrogen) atoms. The van der Waals surface area contributed by atoms with E-state index >= 15 is 0 Å². The van der Waals surface area contributed by atoms with Gasteiger partial charge >= 0.3 is 0 Å². The highest BCUT2D eigenvalue weighted by Gasteiger charge is 2.39. The Kier molecular flexibility index (Phi) is 6.95. The van der Waals surface area contributed by atoms with Crippen LogP contribution in [0.15, 0.2) is 12.2 Å². The van der Waals surface area contributed by atoms with E-state index < -0.39 is 5.79 Å². The highest BCUT2D eigenvalue weighted by Crippen LogP contribution is 2.33. The van der Waals surface area contributed by atoms with E-state index in [9.17, 15) is 0 Å². The molecule has 0 radical (unpaired) electrons. The molecular formula is C16H30O2. The summed E-state index contributed by atoms with van der Waals surface area (Å²) in [6, 6.07) is 0. The molecule has 2 atom stereocenters. The molecule has 0 saturated carbocycles. The fraction of sp³-hybridized carbons (Fsp3) is 0.875. The van der Waals surface area contributed by atoms with E-state index in [2.05, 4.69) is 26.0 Å². The van der Waals surface area contributed by atoms with Crippen LogP contribution in [0.5, 0.6) is 0 Å². The van der Waals surface area contributed by atoms with Crippen LogP contribution >= 0.6 is 0 Å². The van der Waals surface area contributed by atoms with E-state index in [4.69, 9.17) is 9.47 Å². The molecule has 1 heterocycles. The lowest BCUT2D eigenvalue weighted by molar-refractivity contribution is -0.147. The van der Waals surface area contributed by atoms with E-state index in [1.165, 1.54) is 25.7 Å². The third kappa shape index (κ3) is 5.53. The van der Waals surface area contributed by atoms with Crippen molar-refractivity contribution in [2.24, 2.45) is 0 Å². The van der Waals surface area contributed by atoms with Gasteiger partial charge in [0, 0.05) is 0 Å². The smallest absolute Gasteiger partial charge is 0.163 e. The molecule has 0 aromatic carbocycles. The van der Waals surface area contributed by atoms with Gasteiger partial charge in [-0.1, -0.05) is 45.3 Å². The number of allylic oxidation sites excluding steroid dienone is 2. The van der Waals surface area contributed by atoms with Crippen LogP contribution in [0, 0.1) is 0 Å². The predicted molar refractivity (Wildman–Crippen MR) is 76.6 cm³/mol. The summed E-state index contributed by atoms with van der Waals surface area (Å²) < 4.78 is 12.0. The van der Waals surface area contributed by atoms with Crippen molar-refractivity contribution in [2.45, 2.75) is 90.6 Å². The number of ether oxygens (including phenoxy) is 2. The average Bonchev–Trinajstić information content (AvgIpc) is 2.61. The van der Waals surface area contributed by atoms with Crippen molar-refractivity contribution in [1.29, 1.82) is 0 Å². The Balaban J connectivity index is 2.35. The van der Waals surface area contributed by atoms with Crippen LogP contribution in [0.25, 0.3) is 0 Å². The second-order valence-corrected chi connectivity index (χ2v) is 5.69. The monoisotopic (exact) mass is 254 g/mol. The summed E-state index contributed by atoms with van der Waals surface area (Å²) in [4.78, 5) is 0. The van der Waals surface area contributed by atoms with Gasteiger partial charge in [-0.2, -0.15) is 0 Å². The minimum Gasteiger partial charge on any atom is -0.345 e. The van der Waals surface area contributed by atoms with Gasteiger partial charge in [0.15, 0.2) is 5.79 Å². The van der Waals surface area contributed by atoms with Gasteiger partial charge in [0.05, 0.1) is 12.2 Å². The maximum atomic E-state index is 6.01. The lowest BCUT2D eigenvalue weighted by atomic mass is 10.0. The minimum atomic E-state index is -0.393. The second kappa shape index (κ2) is 7.96. The highest BCUT2D eigenvalue weighted by atomic mass is 16.7. The number of hydrogen-bond acceptors (Lipinski definition) is 2. The Hall–Kier alpha value is -0.340. The molecule has 1 saturated heterocycles. The molecule has 1 fully saturated rings. The summed E-state index contributed by atoms with van der Waals surface area (Å²) in [5.41, 5.74) is 0. The Morgan fingerprint density at radius 3 is 2.11 bits per heavy atom. The molecule has 0 bridgehead atoms. The first-order chi connectivity index (χ1) is 8.59. The topological polar surface area (TPSA) is 18.5 Å². The predicted octanol–water partition coefficient (Wildman–Crippen LogP) is 4.83. The molecule has 0 unspecified atom stereocenters. The summed E-state index contributed by atoms with van der Waals surface area (Å²) in [6.07, 6.45) is 13.3. The van der Waals surface area contributed by atoms with Gasteiger partial charge < -0.3 is 9.47 Å². The lowest BCUT2D eigenvalue weighted by Gasteiger charge is -2.16. The van der Waals surface area contributed by atoms with Gasteiger partial charge in [0.25, 0.3) is 0 Å². The Morgan fingerprint density at radius 1 is 0.889 bits per heavy atom. The third-order valence-electron chi connectivity index (χ3n) is 3.37. The van der Waals surface area contributed by atoms with Crippen molar-refractivity contribution in [1.82, 2.24) is 0 Å². The fourth-order valence-electron chi connectivity index (χ4n) is 2.47. The zero-order chi connectivity index (χ0) is 13.4. The van der Waals surface area contributed by atoms with Gasteiger partial charge in [-0.15, -0.1) is 0 Å². The summed E-state index contributed by atoms with van der Waals surface area (Å²) in [5, 5.41) is 0. The Labute approximate surface area is 113 Å². The molecule has 1 rings (SSSR count). The van der Waals surface area contributed by atoms with Crippen molar-refractivity contribution in [3.05, 3.63) is 12.2 Å². The van der Waals surface area contributed by atoms with Crippen LogP contribution in [0.2, 0.25) is 0 Å². The zero-order valence-corrected chi connectivity index (χ0v) is 12.6. The van der Waals surface area contributed by atoms with Crippen molar-refractivity contribution in [3.63, 3.8) is 0 Å². The fourth-order valence-corrected chi connectivity index (χ4v) is 2.47. The molecule has 0 aromatic heterocycles. The molecule has 0 spiro atoms. The zero-order valence-electron chi connectivity index (χ0n) is 12.6. The van der Waals surface area contributed by atoms with Gasteiger partial charge in [0.2, 0.25) is 0 Å².